The topological polar surface area (TPSA) is 63.2 Å². The summed E-state index contributed by atoms with van der Waals surface area (Å²) >= 11 is 0. The molecular formula is C7H11N3O3. The van der Waals surface area contributed by atoms with Gasteiger partial charge in [-0.25, -0.2) is 10.3 Å². The van der Waals surface area contributed by atoms with Crippen LogP contribution in [0.15, 0.2) is 4.99 Å². The van der Waals surface area contributed by atoms with Crippen LogP contribution in [0.1, 0.15) is 0 Å². The van der Waals surface area contributed by atoms with Crippen LogP contribution >= 0.6 is 0 Å². The normalized spacial score (nSPS) is 23.8. The van der Waals surface area contributed by atoms with Crippen molar-refractivity contribution in [2.45, 2.75) is 0 Å². The van der Waals surface area contributed by atoms with Gasteiger partial charge in [0.15, 0.2) is 0 Å². The van der Waals surface area contributed by atoms with Crippen molar-refractivity contribution in [2.75, 3.05) is 32.9 Å². The standard InChI is InChI=1S/C7H11N3O3/c11-7-8-6(5-13-9-7)10-1-3-12-4-2-10/h1-5H2,(H,9,11). The monoisotopic (exact) mass is 185 g/mol. The Morgan fingerprint density at radius 3 is 2.85 bits per heavy atom. The van der Waals surface area contributed by atoms with E-state index in [1.54, 1.807) is 0 Å². The SMILES string of the molecule is O=C1N=C(N2CCOCC2)CON1. The molecular weight excluding hydrogens is 174 g/mol. The summed E-state index contributed by atoms with van der Waals surface area (Å²) in [5.41, 5.74) is 2.17. The van der Waals surface area contributed by atoms with Gasteiger partial charge in [0, 0.05) is 13.1 Å². The minimum atomic E-state index is -0.437. The smallest absolute Gasteiger partial charge is 0.366 e. The largest absolute Gasteiger partial charge is 0.378 e. The van der Waals surface area contributed by atoms with Crippen LogP contribution < -0.4 is 5.48 Å². The van der Waals surface area contributed by atoms with Gasteiger partial charge in [0.05, 0.1) is 13.2 Å². The van der Waals surface area contributed by atoms with Gasteiger partial charge in [-0.2, -0.15) is 4.99 Å². The van der Waals surface area contributed by atoms with Crippen LogP contribution in [0.2, 0.25) is 0 Å². The molecule has 6 heteroatoms. The number of ether oxygens (including phenoxy) is 1. The fraction of sp³-hybridized carbons (Fsp3) is 0.714. The van der Waals surface area contributed by atoms with Gasteiger partial charge in [-0.15, -0.1) is 0 Å². The third-order valence-electron chi connectivity index (χ3n) is 1.97. The minimum absolute atomic E-state index is 0.339. The highest BCUT2D eigenvalue weighted by atomic mass is 16.7. The zero-order valence-electron chi connectivity index (χ0n) is 7.15. The lowest BCUT2D eigenvalue weighted by Gasteiger charge is -2.30. The summed E-state index contributed by atoms with van der Waals surface area (Å²) < 4.78 is 5.18. The van der Waals surface area contributed by atoms with Crippen molar-refractivity contribution in [3.8, 4) is 0 Å². The number of hydrogen-bond donors (Lipinski definition) is 1. The first-order valence-corrected chi connectivity index (χ1v) is 4.18. The molecule has 72 valence electrons. The Bertz CT molecular complexity index is 235. The van der Waals surface area contributed by atoms with Crippen molar-refractivity contribution < 1.29 is 14.4 Å². The highest BCUT2D eigenvalue weighted by Gasteiger charge is 2.19. The van der Waals surface area contributed by atoms with E-state index in [0.717, 1.165) is 13.1 Å². The Labute approximate surface area is 75.5 Å². The summed E-state index contributed by atoms with van der Waals surface area (Å²) in [5, 5.41) is 0. The molecule has 1 saturated heterocycles. The summed E-state index contributed by atoms with van der Waals surface area (Å²) in [7, 11) is 0. The average Bonchev–Trinajstić information content (AvgIpc) is 2.19. The summed E-state index contributed by atoms with van der Waals surface area (Å²) in [4.78, 5) is 21.5. The summed E-state index contributed by atoms with van der Waals surface area (Å²) in [6.45, 7) is 3.25. The number of amides is 2. The van der Waals surface area contributed by atoms with Crippen LogP contribution in [0.25, 0.3) is 0 Å². The molecule has 0 spiro atoms. The van der Waals surface area contributed by atoms with E-state index in [1.165, 1.54) is 0 Å². The van der Waals surface area contributed by atoms with Crippen LogP contribution in [0.4, 0.5) is 4.79 Å². The number of hydrogen-bond acceptors (Lipinski definition) is 4. The molecule has 2 amide bonds. The zero-order valence-corrected chi connectivity index (χ0v) is 7.15. The molecule has 6 nitrogen and oxygen atoms in total. The maximum atomic E-state index is 10.8. The Balaban J connectivity index is 2.01. The number of rotatable bonds is 0. The highest BCUT2D eigenvalue weighted by Crippen LogP contribution is 2.02. The second kappa shape index (κ2) is 3.71. The van der Waals surface area contributed by atoms with E-state index in [1.807, 2.05) is 4.90 Å². The predicted octanol–water partition coefficient (Wildman–Crippen LogP) is -0.628. The van der Waals surface area contributed by atoms with Crippen molar-refractivity contribution in [3.05, 3.63) is 0 Å². The number of amidine groups is 1. The van der Waals surface area contributed by atoms with Gasteiger partial charge in [-0.1, -0.05) is 0 Å². The van der Waals surface area contributed by atoms with Gasteiger partial charge in [0.25, 0.3) is 0 Å². The van der Waals surface area contributed by atoms with Gasteiger partial charge >= 0.3 is 6.03 Å². The van der Waals surface area contributed by atoms with E-state index in [2.05, 4.69) is 10.5 Å². The molecule has 0 saturated carbocycles. The molecule has 0 bridgehead atoms. The molecule has 2 rings (SSSR count). The predicted molar refractivity (Wildman–Crippen MR) is 44.3 cm³/mol. The van der Waals surface area contributed by atoms with Crippen molar-refractivity contribution in [3.63, 3.8) is 0 Å². The molecule has 2 aliphatic rings. The van der Waals surface area contributed by atoms with Gasteiger partial charge in [-0.3, -0.25) is 4.84 Å². The molecule has 0 radical (unpaired) electrons. The van der Waals surface area contributed by atoms with Crippen LogP contribution in [-0.2, 0) is 9.57 Å². The Kier molecular flexibility index (Phi) is 2.42. The first-order valence-electron chi connectivity index (χ1n) is 4.18. The van der Waals surface area contributed by atoms with Gasteiger partial charge in [0.1, 0.15) is 12.4 Å². The second-order valence-corrected chi connectivity index (χ2v) is 2.82. The third kappa shape index (κ3) is 1.96. The lowest BCUT2D eigenvalue weighted by Crippen LogP contribution is -2.46. The molecule has 0 unspecified atom stereocenters. The van der Waals surface area contributed by atoms with Gasteiger partial charge in [0.2, 0.25) is 0 Å². The first kappa shape index (κ1) is 8.46. The summed E-state index contributed by atoms with van der Waals surface area (Å²) in [6, 6.07) is -0.437. The molecule has 1 N–H and O–H groups in total. The fourth-order valence-electron chi connectivity index (χ4n) is 1.32. The zero-order chi connectivity index (χ0) is 9.10. The van der Waals surface area contributed by atoms with Crippen molar-refractivity contribution in [2.24, 2.45) is 4.99 Å². The molecule has 13 heavy (non-hydrogen) atoms. The van der Waals surface area contributed by atoms with E-state index in [4.69, 9.17) is 9.57 Å². The molecule has 0 atom stereocenters. The number of aliphatic imine (C=N–C) groups is 1. The number of morpholine rings is 1. The van der Waals surface area contributed by atoms with Crippen molar-refractivity contribution in [1.29, 1.82) is 0 Å². The van der Waals surface area contributed by atoms with Crippen molar-refractivity contribution in [1.82, 2.24) is 10.4 Å². The maximum absolute atomic E-state index is 10.8. The molecule has 0 aromatic heterocycles. The number of nitrogens with zero attached hydrogens (tertiary/aromatic N) is 2. The number of hydroxylamine groups is 1. The van der Waals surface area contributed by atoms with E-state index < -0.39 is 6.03 Å². The maximum Gasteiger partial charge on any atom is 0.366 e. The Morgan fingerprint density at radius 2 is 2.15 bits per heavy atom. The van der Waals surface area contributed by atoms with Crippen LogP contribution in [-0.4, -0.2) is 49.7 Å². The average molecular weight is 185 g/mol. The van der Waals surface area contributed by atoms with E-state index in [0.29, 0.717) is 25.7 Å². The van der Waals surface area contributed by atoms with E-state index in [-0.39, 0.29) is 0 Å². The van der Waals surface area contributed by atoms with E-state index >= 15 is 0 Å². The molecule has 2 aliphatic heterocycles. The quantitative estimate of drug-likeness (QED) is 0.546. The molecule has 2 heterocycles. The third-order valence-corrected chi connectivity index (χ3v) is 1.97. The van der Waals surface area contributed by atoms with Gasteiger partial charge in [-0.05, 0) is 0 Å². The lowest BCUT2D eigenvalue weighted by molar-refractivity contribution is 0.0501. The summed E-state index contributed by atoms with van der Waals surface area (Å²) in [6.07, 6.45) is 0. The minimum Gasteiger partial charge on any atom is -0.378 e. The van der Waals surface area contributed by atoms with Crippen molar-refractivity contribution >= 4 is 11.9 Å². The number of urea groups is 1. The van der Waals surface area contributed by atoms with E-state index in [9.17, 15) is 4.79 Å². The number of nitrogens with one attached hydrogen (secondary N) is 1. The van der Waals surface area contributed by atoms with Gasteiger partial charge < -0.3 is 9.64 Å². The molecule has 0 aliphatic carbocycles. The van der Waals surface area contributed by atoms with Crippen LogP contribution in [0.3, 0.4) is 0 Å². The molecule has 0 aromatic carbocycles. The lowest BCUT2D eigenvalue weighted by atomic mass is 10.4. The summed E-state index contributed by atoms with van der Waals surface area (Å²) in [5.74, 6) is 0.687. The van der Waals surface area contributed by atoms with Crippen LogP contribution in [0, 0.1) is 0 Å². The molecule has 0 aromatic rings. The Morgan fingerprint density at radius 1 is 1.38 bits per heavy atom. The number of carbonyl (C=O) groups excluding carboxylic acids is 1. The van der Waals surface area contributed by atoms with Crippen LogP contribution in [0.5, 0.6) is 0 Å². The Hall–Kier alpha value is -1.14. The number of carbonyl (C=O) groups is 1. The highest BCUT2D eigenvalue weighted by molar-refractivity contribution is 5.95. The molecule has 1 fully saturated rings. The second-order valence-electron chi connectivity index (χ2n) is 2.82. The fourth-order valence-corrected chi connectivity index (χ4v) is 1.32. The first-order chi connectivity index (χ1) is 6.36.